The summed E-state index contributed by atoms with van der Waals surface area (Å²) in [7, 11) is 0. The fraction of sp³-hybridized carbons (Fsp3) is 0.0952. The van der Waals surface area contributed by atoms with Crippen molar-refractivity contribution >= 4 is 12.4 Å². The van der Waals surface area contributed by atoms with Crippen LogP contribution in [0.5, 0.6) is 0 Å². The lowest BCUT2D eigenvalue weighted by molar-refractivity contribution is 1.07. The second-order valence-electron chi connectivity index (χ2n) is 5.40. The van der Waals surface area contributed by atoms with E-state index in [-0.39, 0.29) is 0 Å². The molecular weight excluding hydrogens is 294 g/mol. The minimum absolute atomic E-state index is 0.662. The molecule has 0 saturated carbocycles. The van der Waals surface area contributed by atoms with Crippen LogP contribution in [0.15, 0.2) is 88.8 Å². The largest absolute Gasteiger partial charge is 0.286 e. The summed E-state index contributed by atoms with van der Waals surface area (Å²) < 4.78 is 0. The predicted octanol–water partition coefficient (Wildman–Crippen LogP) is 4.32. The third kappa shape index (κ3) is 4.99. The van der Waals surface area contributed by atoms with Gasteiger partial charge in [0.05, 0.1) is 24.5 Å². The van der Waals surface area contributed by atoms with Crippen LogP contribution < -0.4 is 0 Å². The minimum atomic E-state index is 0.662. The smallest absolute Gasteiger partial charge is 0.0815 e. The number of hydrogen-bond acceptors (Lipinski definition) is 3. The molecule has 0 amide bonds. The van der Waals surface area contributed by atoms with E-state index in [1.165, 1.54) is 11.1 Å². The summed E-state index contributed by atoms with van der Waals surface area (Å²) in [4.78, 5) is 13.4. The molecule has 0 N–H and O–H groups in total. The van der Waals surface area contributed by atoms with Crippen LogP contribution in [0, 0.1) is 0 Å². The van der Waals surface area contributed by atoms with Crippen molar-refractivity contribution < 1.29 is 0 Å². The maximum absolute atomic E-state index is 4.54. The Kier molecular flexibility index (Phi) is 5.62. The SMILES string of the molecule is C(=NCc1ccccc1)c1cccc(C=NCc2ccccc2)n1. The molecule has 0 aliphatic heterocycles. The molecule has 0 aliphatic carbocycles. The third-order valence-corrected chi connectivity index (χ3v) is 3.47. The van der Waals surface area contributed by atoms with Gasteiger partial charge in [-0.25, -0.2) is 4.98 Å². The summed E-state index contributed by atoms with van der Waals surface area (Å²) in [5, 5.41) is 0. The van der Waals surface area contributed by atoms with Gasteiger partial charge in [-0.05, 0) is 23.3 Å². The summed E-state index contributed by atoms with van der Waals surface area (Å²) in [6.07, 6.45) is 3.61. The summed E-state index contributed by atoms with van der Waals surface area (Å²) >= 11 is 0. The Morgan fingerprint density at radius 2 is 1.04 bits per heavy atom. The molecule has 3 heteroatoms. The first kappa shape index (κ1) is 15.8. The summed E-state index contributed by atoms with van der Waals surface area (Å²) in [6, 6.07) is 26.2. The monoisotopic (exact) mass is 313 g/mol. The molecule has 0 radical (unpaired) electrons. The van der Waals surface area contributed by atoms with Gasteiger partial charge in [-0.1, -0.05) is 66.7 Å². The topological polar surface area (TPSA) is 37.6 Å². The highest BCUT2D eigenvalue weighted by Crippen LogP contribution is 2.02. The van der Waals surface area contributed by atoms with Crippen LogP contribution in [-0.4, -0.2) is 17.4 Å². The molecule has 3 nitrogen and oxygen atoms in total. The standard InChI is InChI=1S/C21H19N3/c1-3-8-18(9-4-1)14-22-16-20-12-7-13-21(24-20)17-23-15-19-10-5-2-6-11-19/h1-13,16-17H,14-15H2. The van der Waals surface area contributed by atoms with Crippen molar-refractivity contribution in [1.82, 2.24) is 4.98 Å². The van der Waals surface area contributed by atoms with E-state index in [1.54, 1.807) is 0 Å². The van der Waals surface area contributed by atoms with Gasteiger partial charge in [0.2, 0.25) is 0 Å². The quantitative estimate of drug-likeness (QED) is 0.624. The molecule has 0 atom stereocenters. The van der Waals surface area contributed by atoms with Gasteiger partial charge in [0.25, 0.3) is 0 Å². The highest BCUT2D eigenvalue weighted by molar-refractivity contribution is 5.81. The van der Waals surface area contributed by atoms with Crippen LogP contribution in [-0.2, 0) is 13.1 Å². The number of hydrogen-bond donors (Lipinski definition) is 0. The lowest BCUT2D eigenvalue weighted by atomic mass is 10.2. The molecule has 0 saturated heterocycles. The second-order valence-corrected chi connectivity index (χ2v) is 5.40. The molecule has 1 heterocycles. The molecular formula is C21H19N3. The van der Waals surface area contributed by atoms with E-state index in [4.69, 9.17) is 0 Å². The van der Waals surface area contributed by atoms with Gasteiger partial charge >= 0.3 is 0 Å². The highest BCUT2D eigenvalue weighted by atomic mass is 14.8. The zero-order valence-electron chi connectivity index (χ0n) is 13.4. The molecule has 24 heavy (non-hydrogen) atoms. The molecule has 0 aliphatic rings. The molecule has 1 aromatic heterocycles. The van der Waals surface area contributed by atoms with Crippen LogP contribution in [0.3, 0.4) is 0 Å². The fourth-order valence-electron chi connectivity index (χ4n) is 2.27. The van der Waals surface area contributed by atoms with Gasteiger partial charge in [0.1, 0.15) is 0 Å². The maximum atomic E-state index is 4.54. The average Bonchev–Trinajstić information content (AvgIpc) is 2.64. The normalized spacial score (nSPS) is 11.3. The van der Waals surface area contributed by atoms with Crippen molar-refractivity contribution in [3.05, 3.63) is 101 Å². The van der Waals surface area contributed by atoms with Crippen LogP contribution in [0.4, 0.5) is 0 Å². The first-order chi connectivity index (χ1) is 11.9. The van der Waals surface area contributed by atoms with Crippen molar-refractivity contribution in [2.45, 2.75) is 13.1 Å². The van der Waals surface area contributed by atoms with Crippen molar-refractivity contribution in [1.29, 1.82) is 0 Å². The summed E-state index contributed by atoms with van der Waals surface area (Å²) in [5.74, 6) is 0. The highest BCUT2D eigenvalue weighted by Gasteiger charge is 1.94. The predicted molar refractivity (Wildman–Crippen MR) is 99.7 cm³/mol. The van der Waals surface area contributed by atoms with E-state index < -0.39 is 0 Å². The van der Waals surface area contributed by atoms with Gasteiger partial charge in [-0.2, -0.15) is 0 Å². The van der Waals surface area contributed by atoms with E-state index in [9.17, 15) is 0 Å². The Labute approximate surface area is 142 Å². The number of benzene rings is 2. The lowest BCUT2D eigenvalue weighted by Gasteiger charge is -1.98. The Morgan fingerprint density at radius 3 is 1.50 bits per heavy atom. The number of pyridine rings is 1. The Hall–Kier alpha value is -3.07. The second kappa shape index (κ2) is 8.53. The van der Waals surface area contributed by atoms with Crippen molar-refractivity contribution in [3.8, 4) is 0 Å². The van der Waals surface area contributed by atoms with Gasteiger partial charge in [-0.15, -0.1) is 0 Å². The van der Waals surface area contributed by atoms with Gasteiger partial charge in [-0.3, -0.25) is 9.98 Å². The van der Waals surface area contributed by atoms with Crippen LogP contribution in [0.1, 0.15) is 22.5 Å². The van der Waals surface area contributed by atoms with Crippen molar-refractivity contribution in [2.24, 2.45) is 9.98 Å². The van der Waals surface area contributed by atoms with Gasteiger partial charge < -0.3 is 0 Å². The van der Waals surface area contributed by atoms with Crippen LogP contribution in [0.25, 0.3) is 0 Å². The van der Waals surface area contributed by atoms with E-state index >= 15 is 0 Å². The van der Waals surface area contributed by atoms with Crippen LogP contribution in [0.2, 0.25) is 0 Å². The molecule has 0 bridgehead atoms. The molecule has 2 aromatic carbocycles. The molecule has 3 aromatic rings. The zero-order chi connectivity index (χ0) is 16.5. The molecule has 0 fully saturated rings. The Bertz CT molecular complexity index is 742. The molecule has 3 rings (SSSR count). The first-order valence-corrected chi connectivity index (χ1v) is 7.95. The van der Waals surface area contributed by atoms with Gasteiger partial charge in [0, 0.05) is 12.4 Å². The van der Waals surface area contributed by atoms with Crippen molar-refractivity contribution in [2.75, 3.05) is 0 Å². The Balaban J connectivity index is 1.59. The zero-order valence-corrected chi connectivity index (χ0v) is 13.4. The minimum Gasteiger partial charge on any atom is -0.286 e. The molecule has 0 spiro atoms. The first-order valence-electron chi connectivity index (χ1n) is 7.95. The molecule has 118 valence electrons. The fourth-order valence-corrected chi connectivity index (χ4v) is 2.27. The number of nitrogens with zero attached hydrogens (tertiary/aromatic N) is 3. The maximum Gasteiger partial charge on any atom is 0.0815 e. The van der Waals surface area contributed by atoms with Crippen LogP contribution >= 0.6 is 0 Å². The third-order valence-electron chi connectivity index (χ3n) is 3.47. The summed E-state index contributed by atoms with van der Waals surface area (Å²) in [5.41, 5.74) is 4.06. The van der Waals surface area contributed by atoms with E-state index in [0.29, 0.717) is 13.1 Å². The van der Waals surface area contributed by atoms with Gasteiger partial charge in [0.15, 0.2) is 0 Å². The van der Waals surface area contributed by atoms with E-state index in [0.717, 1.165) is 11.4 Å². The number of aromatic nitrogens is 1. The Morgan fingerprint density at radius 1 is 0.583 bits per heavy atom. The summed E-state index contributed by atoms with van der Waals surface area (Å²) in [6.45, 7) is 1.32. The number of rotatable bonds is 6. The van der Waals surface area contributed by atoms with E-state index in [1.807, 2.05) is 67.0 Å². The average molecular weight is 313 g/mol. The number of aliphatic imine (C=N–C) groups is 2. The van der Waals surface area contributed by atoms with Crippen molar-refractivity contribution in [3.63, 3.8) is 0 Å². The van der Waals surface area contributed by atoms with E-state index in [2.05, 4.69) is 39.2 Å². The lowest BCUT2D eigenvalue weighted by Crippen LogP contribution is -1.94. The molecule has 0 unspecified atom stereocenters.